The average molecular weight is 471 g/mol. The molecule has 1 aromatic heterocycles. The first-order chi connectivity index (χ1) is 17.1. The zero-order valence-corrected chi connectivity index (χ0v) is 19.8. The van der Waals surface area contributed by atoms with E-state index in [4.69, 9.17) is 10.00 Å². The van der Waals surface area contributed by atoms with Crippen molar-refractivity contribution >= 4 is 0 Å². The summed E-state index contributed by atoms with van der Waals surface area (Å²) in [6, 6.07) is 17.8. The van der Waals surface area contributed by atoms with Gasteiger partial charge in [0, 0.05) is 31.0 Å². The molecule has 1 aliphatic rings. The van der Waals surface area contributed by atoms with Gasteiger partial charge >= 0.3 is 0 Å². The molecule has 2 aromatic carbocycles. The van der Waals surface area contributed by atoms with Gasteiger partial charge in [0.2, 0.25) is 0 Å². The van der Waals surface area contributed by atoms with Crippen LogP contribution in [0.15, 0.2) is 60.9 Å². The Balaban J connectivity index is 1.37. The van der Waals surface area contributed by atoms with Gasteiger partial charge in [0.05, 0.1) is 19.2 Å². The summed E-state index contributed by atoms with van der Waals surface area (Å²) < 4.78 is 7.84. The van der Waals surface area contributed by atoms with Crippen molar-refractivity contribution in [2.24, 2.45) is 0 Å². The molecule has 0 saturated carbocycles. The zero-order valence-electron chi connectivity index (χ0n) is 19.8. The summed E-state index contributed by atoms with van der Waals surface area (Å²) in [7, 11) is 0. The Morgan fingerprint density at radius 1 is 1.09 bits per heavy atom. The van der Waals surface area contributed by atoms with Gasteiger partial charge in [-0.15, -0.1) is 0 Å². The number of piperidine rings is 1. The highest BCUT2D eigenvalue weighted by Gasteiger charge is 2.20. The van der Waals surface area contributed by atoms with E-state index < -0.39 is 12.1 Å². The molecule has 0 bridgehead atoms. The number of rotatable bonds is 7. The second-order valence-corrected chi connectivity index (χ2v) is 8.69. The maximum Gasteiger partial charge on any atom is 0.138 e. The van der Waals surface area contributed by atoms with Crippen molar-refractivity contribution in [3.05, 3.63) is 72.3 Å². The predicted molar refractivity (Wildman–Crippen MR) is 133 cm³/mol. The fourth-order valence-electron chi connectivity index (χ4n) is 4.23. The third-order valence-electron chi connectivity index (χ3n) is 6.17. The number of aromatic nitrogens is 2. The van der Waals surface area contributed by atoms with E-state index in [-0.39, 0.29) is 12.7 Å². The maximum atomic E-state index is 9.86. The molecule has 0 aliphatic carbocycles. The number of likely N-dealkylation sites (tertiary alicyclic amines) is 1. The molecule has 2 heterocycles. The second kappa shape index (κ2) is 11.7. The van der Waals surface area contributed by atoms with Gasteiger partial charge in [0.15, 0.2) is 0 Å². The van der Waals surface area contributed by atoms with E-state index in [1.54, 1.807) is 23.9 Å². The minimum absolute atomic E-state index is 0.172. The van der Waals surface area contributed by atoms with Crippen molar-refractivity contribution in [3.8, 4) is 34.8 Å². The minimum Gasteiger partial charge on any atom is -0.490 e. The van der Waals surface area contributed by atoms with Crippen LogP contribution < -0.4 is 4.74 Å². The van der Waals surface area contributed by atoms with Crippen LogP contribution >= 0.6 is 0 Å². The number of imidazole rings is 1. The van der Waals surface area contributed by atoms with E-state index in [2.05, 4.69) is 39.9 Å². The summed E-state index contributed by atoms with van der Waals surface area (Å²) in [4.78, 5) is 6.30. The fraction of sp³-hybridized carbons (Fsp3) is 0.357. The van der Waals surface area contributed by atoms with E-state index in [9.17, 15) is 10.2 Å². The van der Waals surface area contributed by atoms with Crippen LogP contribution in [0.1, 0.15) is 43.3 Å². The van der Waals surface area contributed by atoms with Gasteiger partial charge in [-0.25, -0.2) is 4.98 Å². The molecule has 35 heavy (non-hydrogen) atoms. The molecule has 3 aromatic rings. The Morgan fingerprint density at radius 3 is 2.34 bits per heavy atom. The van der Waals surface area contributed by atoms with Gasteiger partial charge < -0.3 is 19.5 Å². The van der Waals surface area contributed by atoms with Crippen LogP contribution in [0.5, 0.6) is 5.75 Å². The van der Waals surface area contributed by atoms with Gasteiger partial charge in [0.25, 0.3) is 0 Å². The van der Waals surface area contributed by atoms with Gasteiger partial charge in [-0.3, -0.25) is 4.90 Å². The van der Waals surface area contributed by atoms with Crippen LogP contribution in [0.4, 0.5) is 0 Å². The third kappa shape index (κ3) is 6.29. The third-order valence-corrected chi connectivity index (χ3v) is 6.17. The summed E-state index contributed by atoms with van der Waals surface area (Å²) in [5.41, 5.74) is 3.01. The summed E-state index contributed by atoms with van der Waals surface area (Å²) in [5, 5.41) is 28.5. The fourth-order valence-corrected chi connectivity index (χ4v) is 4.23. The first kappa shape index (κ1) is 24.5. The molecule has 2 atom stereocenters. The molecule has 180 valence electrons. The molecule has 0 unspecified atom stereocenters. The van der Waals surface area contributed by atoms with E-state index in [0.717, 1.165) is 48.4 Å². The van der Waals surface area contributed by atoms with Crippen LogP contribution in [0.3, 0.4) is 0 Å². The lowest BCUT2D eigenvalue weighted by molar-refractivity contribution is 0.108. The monoisotopic (exact) mass is 470 g/mol. The quantitative estimate of drug-likeness (QED) is 0.405. The van der Waals surface area contributed by atoms with Crippen molar-refractivity contribution in [1.29, 1.82) is 5.26 Å². The molecule has 1 aliphatic heterocycles. The lowest BCUT2D eigenvalue weighted by Gasteiger charge is -2.30. The zero-order chi connectivity index (χ0) is 24.6. The van der Waals surface area contributed by atoms with Crippen molar-refractivity contribution in [3.63, 3.8) is 0 Å². The standard InChI is InChI=1S/C28H30N4O3/c1-21(34)28-30-15-19-32(28)25(20-33)9-4-22-2-5-23(6-3-22)24-7-10-26(11-8-24)35-27-12-16-31(17-13-27)18-14-29/h2-3,5-8,10-11,15,19,21,25,27,33-34H,12-13,16-18,20H2,1H3/t21-,25-/m0/s1. The number of aliphatic hydroxyl groups excluding tert-OH is 2. The topological polar surface area (TPSA) is 94.5 Å². The van der Waals surface area contributed by atoms with Crippen molar-refractivity contribution in [2.75, 3.05) is 26.2 Å². The smallest absolute Gasteiger partial charge is 0.138 e. The highest BCUT2D eigenvalue weighted by molar-refractivity contribution is 5.65. The summed E-state index contributed by atoms with van der Waals surface area (Å²) in [5.74, 6) is 7.53. The van der Waals surface area contributed by atoms with Crippen molar-refractivity contribution in [2.45, 2.75) is 38.0 Å². The molecule has 4 rings (SSSR count). The van der Waals surface area contributed by atoms with E-state index in [1.165, 1.54) is 0 Å². The molecular formula is C28H30N4O3. The van der Waals surface area contributed by atoms with Crippen LogP contribution in [0, 0.1) is 23.2 Å². The van der Waals surface area contributed by atoms with Gasteiger partial charge in [-0.05, 0) is 55.2 Å². The molecule has 7 nitrogen and oxygen atoms in total. The first-order valence-electron chi connectivity index (χ1n) is 11.9. The number of aliphatic hydroxyl groups is 2. The first-order valence-corrected chi connectivity index (χ1v) is 11.9. The highest BCUT2D eigenvalue weighted by Crippen LogP contribution is 2.25. The number of ether oxygens (including phenoxy) is 1. The Morgan fingerprint density at radius 2 is 1.74 bits per heavy atom. The number of nitrogens with zero attached hydrogens (tertiary/aromatic N) is 4. The summed E-state index contributed by atoms with van der Waals surface area (Å²) in [6.07, 6.45) is 4.63. The molecule has 0 radical (unpaired) electrons. The Hall–Kier alpha value is -3.62. The Bertz CT molecular complexity index is 1190. The van der Waals surface area contributed by atoms with Crippen LogP contribution in [0.2, 0.25) is 0 Å². The number of nitriles is 1. The van der Waals surface area contributed by atoms with E-state index in [1.807, 2.05) is 36.4 Å². The molecule has 0 amide bonds. The normalized spacial score (nSPS) is 16.1. The van der Waals surface area contributed by atoms with Crippen molar-refractivity contribution < 1.29 is 14.9 Å². The van der Waals surface area contributed by atoms with E-state index >= 15 is 0 Å². The predicted octanol–water partition coefficient (Wildman–Crippen LogP) is 3.56. The van der Waals surface area contributed by atoms with E-state index in [0.29, 0.717) is 12.4 Å². The maximum absolute atomic E-state index is 9.86. The van der Waals surface area contributed by atoms with Gasteiger partial charge in [0.1, 0.15) is 29.8 Å². The van der Waals surface area contributed by atoms with Crippen molar-refractivity contribution in [1.82, 2.24) is 14.5 Å². The SMILES string of the molecule is C[C@H](O)c1nccn1[C@@H](C#Cc1ccc(-c2ccc(OC3CCN(CC#N)CC3)cc2)cc1)CO. The van der Waals surface area contributed by atoms with Crippen LogP contribution in [0.25, 0.3) is 11.1 Å². The molecule has 1 fully saturated rings. The highest BCUT2D eigenvalue weighted by atomic mass is 16.5. The Labute approximate surface area is 206 Å². The van der Waals surface area contributed by atoms with Crippen LogP contribution in [-0.2, 0) is 0 Å². The van der Waals surface area contributed by atoms with Gasteiger partial charge in [-0.2, -0.15) is 5.26 Å². The summed E-state index contributed by atoms with van der Waals surface area (Å²) in [6.45, 7) is 3.75. The molecule has 7 heteroatoms. The largest absolute Gasteiger partial charge is 0.490 e. The average Bonchev–Trinajstić information content (AvgIpc) is 3.37. The molecule has 1 saturated heterocycles. The molecule has 0 spiro atoms. The second-order valence-electron chi connectivity index (χ2n) is 8.69. The lowest BCUT2D eigenvalue weighted by Crippen LogP contribution is -2.38. The molecular weight excluding hydrogens is 440 g/mol. The molecule has 2 N–H and O–H groups in total. The van der Waals surface area contributed by atoms with Crippen LogP contribution in [-0.4, -0.2) is 57.0 Å². The minimum atomic E-state index is -0.737. The summed E-state index contributed by atoms with van der Waals surface area (Å²) >= 11 is 0. The number of hydrogen-bond donors (Lipinski definition) is 2. The lowest BCUT2D eigenvalue weighted by atomic mass is 10.0. The number of benzene rings is 2. The van der Waals surface area contributed by atoms with Gasteiger partial charge in [-0.1, -0.05) is 36.1 Å². The Kier molecular flexibility index (Phi) is 8.18. The number of hydrogen-bond acceptors (Lipinski definition) is 6.